The van der Waals surface area contributed by atoms with Crippen molar-refractivity contribution in [1.82, 2.24) is 10.5 Å². The SMILES string of the molecule is COc1cccc(Cc2cccc(NC(=S)NC(=O)c3c(C)noc3C)c2)c1. The Bertz CT molecular complexity index is 994. The Labute approximate surface area is 168 Å². The number of aryl methyl sites for hydroxylation is 2. The normalized spacial score (nSPS) is 10.4. The number of ether oxygens (including phenoxy) is 1. The van der Waals surface area contributed by atoms with Crippen LogP contribution in [0.3, 0.4) is 0 Å². The number of benzene rings is 2. The van der Waals surface area contributed by atoms with Crippen molar-refractivity contribution in [2.45, 2.75) is 20.3 Å². The second kappa shape index (κ2) is 8.67. The van der Waals surface area contributed by atoms with Crippen molar-refractivity contribution >= 4 is 28.9 Å². The van der Waals surface area contributed by atoms with Crippen LogP contribution in [0.25, 0.3) is 0 Å². The average molecular weight is 395 g/mol. The smallest absolute Gasteiger partial charge is 0.262 e. The van der Waals surface area contributed by atoms with Gasteiger partial charge in [0.15, 0.2) is 5.11 Å². The van der Waals surface area contributed by atoms with Crippen LogP contribution in [0.4, 0.5) is 5.69 Å². The summed E-state index contributed by atoms with van der Waals surface area (Å²) in [7, 11) is 1.65. The third-order valence-corrected chi connectivity index (χ3v) is 4.42. The fourth-order valence-electron chi connectivity index (χ4n) is 2.91. The zero-order chi connectivity index (χ0) is 20.1. The van der Waals surface area contributed by atoms with Gasteiger partial charge in [0.1, 0.15) is 17.1 Å². The maximum Gasteiger partial charge on any atom is 0.262 e. The lowest BCUT2D eigenvalue weighted by Gasteiger charge is -2.11. The molecule has 28 heavy (non-hydrogen) atoms. The molecule has 6 nitrogen and oxygen atoms in total. The maximum atomic E-state index is 12.4. The summed E-state index contributed by atoms with van der Waals surface area (Å²) in [5.41, 5.74) is 3.97. The van der Waals surface area contributed by atoms with Crippen LogP contribution in [0, 0.1) is 13.8 Å². The topological polar surface area (TPSA) is 76.4 Å². The number of anilines is 1. The third kappa shape index (κ3) is 4.75. The first-order chi connectivity index (χ1) is 13.5. The standard InChI is InChI=1S/C21H21N3O3S/c1-13-19(14(2)27-24-13)20(25)23-21(28)22-17-8-4-6-15(11-17)10-16-7-5-9-18(12-16)26-3/h4-9,11-12H,10H2,1-3H3,(H2,22,23,25,28). The quantitative estimate of drug-likeness (QED) is 0.636. The van der Waals surface area contributed by atoms with E-state index in [0.717, 1.165) is 29.0 Å². The Morgan fingerprint density at radius 1 is 1.14 bits per heavy atom. The van der Waals surface area contributed by atoms with Gasteiger partial charge in [0.05, 0.1) is 12.8 Å². The minimum atomic E-state index is -0.346. The van der Waals surface area contributed by atoms with Crippen LogP contribution in [0.1, 0.15) is 32.9 Å². The van der Waals surface area contributed by atoms with E-state index in [4.69, 9.17) is 21.5 Å². The fourth-order valence-corrected chi connectivity index (χ4v) is 3.12. The summed E-state index contributed by atoms with van der Waals surface area (Å²) in [5, 5.41) is 9.70. The lowest BCUT2D eigenvalue weighted by molar-refractivity contribution is 0.0976. The fraction of sp³-hybridized carbons (Fsp3) is 0.190. The van der Waals surface area contributed by atoms with Gasteiger partial charge >= 0.3 is 0 Å². The van der Waals surface area contributed by atoms with Crippen molar-refractivity contribution < 1.29 is 14.1 Å². The number of thiocarbonyl (C=S) groups is 1. The Morgan fingerprint density at radius 2 is 1.86 bits per heavy atom. The molecule has 1 aromatic heterocycles. The Hall–Kier alpha value is -3.19. The van der Waals surface area contributed by atoms with E-state index < -0.39 is 0 Å². The van der Waals surface area contributed by atoms with E-state index in [1.165, 1.54) is 0 Å². The number of carbonyl (C=O) groups excluding carboxylic acids is 1. The highest BCUT2D eigenvalue weighted by molar-refractivity contribution is 7.80. The number of carbonyl (C=O) groups is 1. The molecule has 0 aliphatic rings. The number of rotatable bonds is 5. The molecule has 3 aromatic rings. The molecule has 0 bridgehead atoms. The molecule has 0 saturated carbocycles. The van der Waals surface area contributed by atoms with E-state index in [0.29, 0.717) is 17.0 Å². The first-order valence-electron chi connectivity index (χ1n) is 8.73. The van der Waals surface area contributed by atoms with Crippen molar-refractivity contribution in [2.75, 3.05) is 12.4 Å². The third-order valence-electron chi connectivity index (χ3n) is 4.21. The molecule has 7 heteroatoms. The highest BCUT2D eigenvalue weighted by Crippen LogP contribution is 2.18. The van der Waals surface area contributed by atoms with E-state index in [9.17, 15) is 4.79 Å². The molecular formula is C21H21N3O3S. The zero-order valence-electron chi connectivity index (χ0n) is 15.9. The number of methoxy groups -OCH3 is 1. The van der Waals surface area contributed by atoms with Crippen molar-refractivity contribution in [3.8, 4) is 5.75 Å². The monoisotopic (exact) mass is 395 g/mol. The van der Waals surface area contributed by atoms with Crippen molar-refractivity contribution in [1.29, 1.82) is 0 Å². The molecule has 0 atom stereocenters. The lowest BCUT2D eigenvalue weighted by atomic mass is 10.0. The molecule has 0 unspecified atom stereocenters. The molecule has 2 aromatic carbocycles. The second-order valence-corrected chi connectivity index (χ2v) is 6.74. The highest BCUT2D eigenvalue weighted by Gasteiger charge is 2.18. The number of aromatic nitrogens is 1. The first kappa shape index (κ1) is 19.6. The Morgan fingerprint density at radius 3 is 2.54 bits per heavy atom. The molecule has 0 fully saturated rings. The van der Waals surface area contributed by atoms with Gasteiger partial charge in [-0.3, -0.25) is 10.1 Å². The van der Waals surface area contributed by atoms with E-state index in [2.05, 4.69) is 21.9 Å². The van der Waals surface area contributed by atoms with Gasteiger partial charge in [-0.2, -0.15) is 0 Å². The minimum Gasteiger partial charge on any atom is -0.497 e. The van der Waals surface area contributed by atoms with Crippen LogP contribution in [-0.2, 0) is 6.42 Å². The molecule has 1 amide bonds. The summed E-state index contributed by atoms with van der Waals surface area (Å²) in [6, 6.07) is 15.8. The van der Waals surface area contributed by atoms with Crippen molar-refractivity contribution in [2.24, 2.45) is 0 Å². The van der Waals surface area contributed by atoms with E-state index >= 15 is 0 Å². The van der Waals surface area contributed by atoms with Crippen molar-refractivity contribution in [3.05, 3.63) is 76.7 Å². The van der Waals surface area contributed by atoms with E-state index in [1.54, 1.807) is 21.0 Å². The average Bonchev–Trinajstić information content (AvgIpc) is 3.00. The number of hydrogen-bond donors (Lipinski definition) is 2. The van der Waals surface area contributed by atoms with Gasteiger partial charge in [-0.1, -0.05) is 29.4 Å². The zero-order valence-corrected chi connectivity index (χ0v) is 16.7. The Balaban J connectivity index is 1.65. The lowest BCUT2D eigenvalue weighted by Crippen LogP contribution is -2.34. The highest BCUT2D eigenvalue weighted by atomic mass is 32.1. The molecule has 0 aliphatic heterocycles. The molecule has 3 rings (SSSR count). The predicted molar refractivity (Wildman–Crippen MR) is 112 cm³/mol. The molecule has 1 heterocycles. The molecule has 2 N–H and O–H groups in total. The van der Waals surface area contributed by atoms with Gasteiger partial charge in [0.25, 0.3) is 5.91 Å². The van der Waals surface area contributed by atoms with Gasteiger partial charge in [0.2, 0.25) is 0 Å². The van der Waals surface area contributed by atoms with Gasteiger partial charge < -0.3 is 14.6 Å². The summed E-state index contributed by atoms with van der Waals surface area (Å²) in [5.74, 6) is 0.939. The molecule has 144 valence electrons. The van der Waals surface area contributed by atoms with Crippen LogP contribution in [0.5, 0.6) is 5.75 Å². The summed E-state index contributed by atoms with van der Waals surface area (Å²) in [6.07, 6.45) is 0.755. The predicted octanol–water partition coefficient (Wildman–Crippen LogP) is 4.02. The number of hydrogen-bond acceptors (Lipinski definition) is 5. The van der Waals surface area contributed by atoms with Gasteiger partial charge in [-0.25, -0.2) is 0 Å². The van der Waals surface area contributed by atoms with Crippen LogP contribution in [0.15, 0.2) is 53.1 Å². The molecule has 0 aliphatic carbocycles. The number of nitrogens with zero attached hydrogens (tertiary/aromatic N) is 1. The van der Waals surface area contributed by atoms with E-state index in [-0.39, 0.29) is 11.0 Å². The molecule has 0 saturated heterocycles. The molecular weight excluding hydrogens is 374 g/mol. The van der Waals surface area contributed by atoms with Gasteiger partial charge in [-0.15, -0.1) is 0 Å². The summed E-state index contributed by atoms with van der Waals surface area (Å²) in [6.45, 7) is 3.40. The van der Waals surface area contributed by atoms with Gasteiger partial charge in [-0.05, 0) is 67.9 Å². The van der Waals surface area contributed by atoms with Crippen molar-refractivity contribution in [3.63, 3.8) is 0 Å². The van der Waals surface area contributed by atoms with E-state index in [1.807, 2.05) is 42.5 Å². The number of nitrogens with one attached hydrogen (secondary N) is 2. The van der Waals surface area contributed by atoms with Crippen LogP contribution in [-0.4, -0.2) is 23.3 Å². The summed E-state index contributed by atoms with van der Waals surface area (Å²) in [4.78, 5) is 12.4. The van der Waals surface area contributed by atoms with Crippen LogP contribution in [0.2, 0.25) is 0 Å². The Kier molecular flexibility index (Phi) is 6.06. The molecule has 0 radical (unpaired) electrons. The minimum absolute atomic E-state index is 0.212. The first-order valence-corrected chi connectivity index (χ1v) is 9.14. The summed E-state index contributed by atoms with van der Waals surface area (Å²) >= 11 is 5.27. The van der Waals surface area contributed by atoms with Gasteiger partial charge in [0, 0.05) is 5.69 Å². The molecule has 0 spiro atoms. The van der Waals surface area contributed by atoms with Crippen LogP contribution >= 0.6 is 12.2 Å². The summed E-state index contributed by atoms with van der Waals surface area (Å²) < 4.78 is 10.3. The second-order valence-electron chi connectivity index (χ2n) is 6.34. The maximum absolute atomic E-state index is 12.4. The van der Waals surface area contributed by atoms with Crippen LogP contribution < -0.4 is 15.4 Å². The largest absolute Gasteiger partial charge is 0.497 e. The number of amides is 1.